The molecule has 0 spiro atoms. The molecule has 1 atom stereocenters. The van der Waals surface area contributed by atoms with Crippen LogP contribution in [0.2, 0.25) is 0 Å². The monoisotopic (exact) mass is 424 g/mol. The average molecular weight is 424 g/mol. The van der Waals surface area contributed by atoms with Gasteiger partial charge in [0.2, 0.25) is 0 Å². The highest BCUT2D eigenvalue weighted by Gasteiger charge is 2.40. The van der Waals surface area contributed by atoms with Crippen LogP contribution in [-0.4, -0.2) is 41.7 Å². The summed E-state index contributed by atoms with van der Waals surface area (Å²) >= 11 is 0. The summed E-state index contributed by atoms with van der Waals surface area (Å²) in [6, 6.07) is 9.57. The molecule has 1 fully saturated rings. The van der Waals surface area contributed by atoms with Gasteiger partial charge in [0.1, 0.15) is 18.5 Å². The quantitative estimate of drug-likeness (QED) is 0.633. The highest BCUT2D eigenvalue weighted by atomic mass is 32.3. The maximum atomic E-state index is 12.4. The first-order valence-electron chi connectivity index (χ1n) is 7.51. The zero-order valence-electron chi connectivity index (χ0n) is 13.5. The number of halogens is 3. The van der Waals surface area contributed by atoms with E-state index in [9.17, 15) is 30.0 Å². The van der Waals surface area contributed by atoms with Crippen molar-refractivity contribution in [2.24, 2.45) is 0 Å². The van der Waals surface area contributed by atoms with Crippen molar-refractivity contribution in [1.29, 1.82) is 0 Å². The predicted molar refractivity (Wildman–Crippen MR) is 90.1 cm³/mol. The van der Waals surface area contributed by atoms with E-state index in [4.69, 9.17) is 9.47 Å². The second-order valence-corrected chi connectivity index (χ2v) is 9.26. The van der Waals surface area contributed by atoms with E-state index in [1.54, 1.807) is 24.3 Å². The molecule has 1 aliphatic heterocycles. The number of hydrogen-bond donors (Lipinski definition) is 0. The summed E-state index contributed by atoms with van der Waals surface area (Å²) in [5.41, 5.74) is -5.75. The van der Waals surface area contributed by atoms with Crippen LogP contribution in [0.3, 0.4) is 0 Å². The summed E-state index contributed by atoms with van der Waals surface area (Å²) in [6.45, 7) is 0.771. The lowest BCUT2D eigenvalue weighted by Gasteiger charge is -2.22. The number of rotatable bonds is 7. The smallest absolute Gasteiger partial charge is 0.480 e. The van der Waals surface area contributed by atoms with E-state index in [2.05, 4.69) is 4.13 Å². The van der Waals surface area contributed by atoms with Crippen LogP contribution in [0.15, 0.2) is 36.4 Å². The number of ether oxygens (including phenoxy) is 2. The van der Waals surface area contributed by atoms with E-state index in [0.717, 1.165) is 0 Å². The summed E-state index contributed by atoms with van der Waals surface area (Å²) in [4.78, 5) is 0. The fourth-order valence-electron chi connectivity index (χ4n) is 2.31. The molecule has 1 unspecified atom stereocenters. The first-order valence-corrected chi connectivity index (χ1v) is 10.6. The molecule has 0 radical (unpaired) electrons. The van der Waals surface area contributed by atoms with Crippen LogP contribution in [0.1, 0.15) is 5.56 Å². The highest BCUT2D eigenvalue weighted by Crippen LogP contribution is 2.33. The molecule has 0 N–H and O–H groups in total. The van der Waals surface area contributed by atoms with Crippen LogP contribution in [0.4, 0.5) is 13.2 Å². The average Bonchev–Trinajstić information content (AvgIpc) is 3.34. The summed E-state index contributed by atoms with van der Waals surface area (Å²) in [6.07, 6.45) is -0.0666. The Balaban J connectivity index is 1.89. The van der Waals surface area contributed by atoms with Crippen LogP contribution < -0.4 is 4.74 Å². The molecule has 0 saturated carbocycles. The van der Waals surface area contributed by atoms with Gasteiger partial charge in [-0.1, -0.05) is 24.3 Å². The molecular formula is C15H13F3NO6S2-. The van der Waals surface area contributed by atoms with Gasteiger partial charge >= 0.3 is 5.51 Å². The number of alkyl halides is 3. The van der Waals surface area contributed by atoms with E-state index in [0.29, 0.717) is 23.1 Å². The Morgan fingerprint density at radius 3 is 2.44 bits per heavy atom. The van der Waals surface area contributed by atoms with Crippen molar-refractivity contribution >= 4 is 30.8 Å². The number of benzene rings is 2. The lowest BCUT2D eigenvalue weighted by molar-refractivity contribution is -0.0425. The third-order valence-corrected chi connectivity index (χ3v) is 6.54. The third-order valence-electron chi connectivity index (χ3n) is 3.56. The maximum Gasteiger partial charge on any atom is 0.480 e. The Morgan fingerprint density at radius 1 is 1.15 bits per heavy atom. The van der Waals surface area contributed by atoms with Crippen molar-refractivity contribution < 1.29 is 39.5 Å². The fraction of sp³-hybridized carbons (Fsp3) is 0.333. The van der Waals surface area contributed by atoms with Gasteiger partial charge in [0.05, 0.1) is 22.4 Å². The minimum Gasteiger partial charge on any atom is -0.490 e. The van der Waals surface area contributed by atoms with Crippen molar-refractivity contribution in [1.82, 2.24) is 0 Å². The Bertz CT molecular complexity index is 1060. The second-order valence-electron chi connectivity index (χ2n) is 5.80. The number of epoxide rings is 1. The van der Waals surface area contributed by atoms with Crippen LogP contribution in [0, 0.1) is 0 Å². The zero-order valence-corrected chi connectivity index (χ0v) is 15.1. The van der Waals surface area contributed by atoms with Crippen LogP contribution in [0.25, 0.3) is 14.9 Å². The fourth-order valence-corrected chi connectivity index (χ4v) is 4.65. The molecule has 1 saturated heterocycles. The van der Waals surface area contributed by atoms with Crippen molar-refractivity contribution in [2.45, 2.75) is 17.4 Å². The molecule has 2 aromatic carbocycles. The van der Waals surface area contributed by atoms with Crippen LogP contribution in [-0.2, 0) is 30.5 Å². The van der Waals surface area contributed by atoms with Crippen molar-refractivity contribution in [3.05, 3.63) is 46.1 Å². The Labute approximate surface area is 153 Å². The van der Waals surface area contributed by atoms with Gasteiger partial charge in [0.15, 0.2) is 10.0 Å². The van der Waals surface area contributed by atoms with Crippen molar-refractivity contribution in [3.63, 3.8) is 0 Å². The van der Waals surface area contributed by atoms with Gasteiger partial charge in [-0.05, 0) is 23.1 Å². The lowest BCUT2D eigenvalue weighted by atomic mass is 10.1. The minimum absolute atomic E-state index is 0.0431. The number of fused-ring (bicyclic) bond motifs is 1. The van der Waals surface area contributed by atoms with E-state index in [1.165, 1.54) is 12.1 Å². The van der Waals surface area contributed by atoms with E-state index in [1.807, 2.05) is 0 Å². The molecule has 1 heterocycles. The Kier molecular flexibility index (Phi) is 5.10. The number of nitrogens with zero attached hydrogens (tertiary/aromatic N) is 1. The van der Waals surface area contributed by atoms with E-state index >= 15 is 0 Å². The molecule has 3 rings (SSSR count). The molecule has 0 aliphatic carbocycles. The van der Waals surface area contributed by atoms with Gasteiger partial charge in [-0.15, -0.1) is 0 Å². The SMILES string of the molecule is O=S(=O)(Cc1cc(OCC2CO2)c2ccccc2c1)[N-]S(=O)(=O)C(F)(F)F. The third kappa shape index (κ3) is 4.89. The van der Waals surface area contributed by atoms with Gasteiger partial charge in [-0.3, -0.25) is 0 Å². The van der Waals surface area contributed by atoms with Crippen LogP contribution in [0.5, 0.6) is 5.75 Å². The van der Waals surface area contributed by atoms with Gasteiger partial charge in [-0.2, -0.15) is 13.2 Å². The van der Waals surface area contributed by atoms with Crippen molar-refractivity contribution in [3.8, 4) is 5.75 Å². The topological polar surface area (TPSA) is 104 Å². The maximum absolute atomic E-state index is 12.4. The summed E-state index contributed by atoms with van der Waals surface area (Å²) in [5.74, 6) is -0.712. The highest BCUT2D eigenvalue weighted by molar-refractivity contribution is 8.12. The number of sulfonamides is 2. The largest absolute Gasteiger partial charge is 0.490 e. The molecule has 2 aromatic rings. The zero-order chi connectivity index (χ0) is 19.9. The molecule has 0 bridgehead atoms. The Hall–Kier alpha value is -1.89. The molecular weight excluding hydrogens is 411 g/mol. The first-order chi connectivity index (χ1) is 12.5. The lowest BCUT2D eigenvalue weighted by Crippen LogP contribution is -2.24. The van der Waals surface area contributed by atoms with E-state index in [-0.39, 0.29) is 18.3 Å². The molecule has 7 nitrogen and oxygen atoms in total. The number of hydrogen-bond acceptors (Lipinski definition) is 6. The van der Waals surface area contributed by atoms with Gasteiger partial charge < -0.3 is 13.6 Å². The van der Waals surface area contributed by atoms with Gasteiger partial charge in [0, 0.05) is 5.39 Å². The minimum atomic E-state index is -6.15. The normalized spacial score (nSPS) is 17.8. The molecule has 148 valence electrons. The van der Waals surface area contributed by atoms with Crippen molar-refractivity contribution in [2.75, 3.05) is 13.2 Å². The standard InChI is InChI=1S/C15H13F3NO6S2/c16-15(17,18)27(22,23)19-26(20,21)9-10-5-11-3-1-2-4-13(11)14(6-10)25-8-12-7-24-12/h1-6,12H,7-9H2/q-1. The molecule has 27 heavy (non-hydrogen) atoms. The molecule has 1 aliphatic rings. The van der Waals surface area contributed by atoms with Gasteiger partial charge in [-0.25, -0.2) is 16.8 Å². The summed E-state index contributed by atoms with van der Waals surface area (Å²) in [7, 11) is -11.1. The molecule has 0 amide bonds. The predicted octanol–water partition coefficient (Wildman–Crippen LogP) is 2.67. The summed E-state index contributed by atoms with van der Waals surface area (Å²) < 4.78 is 95.6. The summed E-state index contributed by atoms with van der Waals surface area (Å²) in [5, 5.41) is 1.25. The first kappa shape index (κ1) is 19.9. The van der Waals surface area contributed by atoms with E-state index < -0.39 is 31.3 Å². The van der Waals surface area contributed by atoms with Gasteiger partial charge in [0.25, 0.3) is 0 Å². The Morgan fingerprint density at radius 2 is 1.81 bits per heavy atom. The second kappa shape index (κ2) is 6.93. The van der Waals surface area contributed by atoms with Crippen LogP contribution >= 0.6 is 0 Å². The molecule has 0 aromatic heterocycles. The molecule has 12 heteroatoms.